The number of nitrogen functional groups attached to an aromatic ring is 1. The average molecular weight is 238 g/mol. The quantitative estimate of drug-likeness (QED) is 0.637. The topological polar surface area (TPSA) is 74.4 Å². The smallest absolute Gasteiger partial charge is 0.338 e. The monoisotopic (exact) mass is 238 g/mol. The van der Waals surface area contributed by atoms with Crippen molar-refractivity contribution in [3.05, 3.63) is 23.9 Å². The minimum absolute atomic E-state index is 0.221. The first kappa shape index (κ1) is 13.4. The number of nitrogens with zero attached hydrogens (tertiary/aromatic N) is 1. The second-order valence-corrected chi connectivity index (χ2v) is 4.57. The van der Waals surface area contributed by atoms with Crippen LogP contribution in [0.15, 0.2) is 18.3 Å². The highest BCUT2D eigenvalue weighted by molar-refractivity contribution is 5.89. The van der Waals surface area contributed by atoms with Crippen molar-refractivity contribution in [2.45, 2.75) is 26.4 Å². The van der Waals surface area contributed by atoms with E-state index in [1.807, 2.05) is 20.8 Å². The molecular formula is C12H18N2O3. The van der Waals surface area contributed by atoms with Gasteiger partial charge in [-0.3, -0.25) is 0 Å². The average Bonchev–Trinajstić information content (AvgIpc) is 2.23. The van der Waals surface area contributed by atoms with E-state index >= 15 is 0 Å². The van der Waals surface area contributed by atoms with Gasteiger partial charge in [0.2, 0.25) is 0 Å². The third-order valence-corrected chi connectivity index (χ3v) is 1.87. The van der Waals surface area contributed by atoms with Gasteiger partial charge in [0.15, 0.2) is 0 Å². The summed E-state index contributed by atoms with van der Waals surface area (Å²) in [6.07, 6.45) is 1.47. The Balaban J connectivity index is 2.36. The molecule has 1 aromatic rings. The summed E-state index contributed by atoms with van der Waals surface area (Å²) in [4.78, 5) is 15.4. The van der Waals surface area contributed by atoms with Crippen LogP contribution in [0.3, 0.4) is 0 Å². The highest BCUT2D eigenvalue weighted by Crippen LogP contribution is 2.07. The first-order valence-electron chi connectivity index (χ1n) is 5.41. The molecule has 0 aliphatic rings. The summed E-state index contributed by atoms with van der Waals surface area (Å²) in [5, 5.41) is 0. The zero-order valence-electron chi connectivity index (χ0n) is 10.4. The minimum Gasteiger partial charge on any atom is -0.460 e. The lowest BCUT2D eigenvalue weighted by Crippen LogP contribution is -2.22. The molecule has 0 aromatic carbocycles. The normalized spacial score (nSPS) is 11.2. The highest BCUT2D eigenvalue weighted by atomic mass is 16.6. The fraction of sp³-hybridized carbons (Fsp3) is 0.500. The van der Waals surface area contributed by atoms with Crippen LogP contribution in [-0.2, 0) is 9.47 Å². The van der Waals surface area contributed by atoms with Gasteiger partial charge in [-0.05, 0) is 32.9 Å². The number of carbonyl (C=O) groups excluding carboxylic acids is 1. The predicted octanol–water partition coefficient (Wildman–Crippen LogP) is 1.64. The second-order valence-electron chi connectivity index (χ2n) is 4.57. The van der Waals surface area contributed by atoms with E-state index < -0.39 is 5.97 Å². The summed E-state index contributed by atoms with van der Waals surface area (Å²) in [6, 6.07) is 3.04. The molecule has 2 N–H and O–H groups in total. The minimum atomic E-state index is -0.420. The number of anilines is 1. The molecule has 0 atom stereocenters. The summed E-state index contributed by atoms with van der Waals surface area (Å²) in [5.74, 6) is -0.123. The molecule has 0 bridgehead atoms. The lowest BCUT2D eigenvalue weighted by Gasteiger charge is -2.19. The second kappa shape index (κ2) is 5.63. The lowest BCUT2D eigenvalue weighted by atomic mass is 10.2. The van der Waals surface area contributed by atoms with Crippen molar-refractivity contribution < 1.29 is 14.3 Å². The van der Waals surface area contributed by atoms with E-state index in [1.54, 1.807) is 6.07 Å². The maximum atomic E-state index is 11.6. The fourth-order valence-electron chi connectivity index (χ4n) is 1.14. The van der Waals surface area contributed by atoms with E-state index in [1.165, 1.54) is 12.3 Å². The zero-order chi connectivity index (χ0) is 12.9. The predicted molar refractivity (Wildman–Crippen MR) is 64.6 cm³/mol. The summed E-state index contributed by atoms with van der Waals surface area (Å²) >= 11 is 0. The summed E-state index contributed by atoms with van der Waals surface area (Å²) in [7, 11) is 0. The molecule has 17 heavy (non-hydrogen) atoms. The first-order chi connectivity index (χ1) is 7.88. The molecule has 0 radical (unpaired) electrons. The van der Waals surface area contributed by atoms with Gasteiger partial charge in [0.1, 0.15) is 12.4 Å². The van der Waals surface area contributed by atoms with E-state index in [0.29, 0.717) is 18.0 Å². The molecule has 0 spiro atoms. The Labute approximate surface area is 101 Å². The molecule has 1 aromatic heterocycles. The van der Waals surface area contributed by atoms with Crippen molar-refractivity contribution >= 4 is 11.8 Å². The number of nitrogens with two attached hydrogens (primary N) is 1. The van der Waals surface area contributed by atoms with Crippen molar-refractivity contribution in [1.82, 2.24) is 4.98 Å². The van der Waals surface area contributed by atoms with Crippen LogP contribution in [0.4, 0.5) is 5.82 Å². The van der Waals surface area contributed by atoms with Crippen molar-refractivity contribution in [3.63, 3.8) is 0 Å². The van der Waals surface area contributed by atoms with Crippen LogP contribution in [0.5, 0.6) is 0 Å². The molecule has 1 heterocycles. The van der Waals surface area contributed by atoms with Crippen molar-refractivity contribution in [1.29, 1.82) is 0 Å². The number of aromatic nitrogens is 1. The number of rotatable bonds is 4. The Hall–Kier alpha value is -1.62. The van der Waals surface area contributed by atoms with E-state index in [9.17, 15) is 4.79 Å². The molecule has 1 rings (SSSR count). The van der Waals surface area contributed by atoms with E-state index in [2.05, 4.69) is 4.98 Å². The van der Waals surface area contributed by atoms with Gasteiger partial charge in [0.25, 0.3) is 0 Å². The van der Waals surface area contributed by atoms with E-state index in [4.69, 9.17) is 15.2 Å². The molecular weight excluding hydrogens is 220 g/mol. The number of hydrogen-bond acceptors (Lipinski definition) is 5. The fourth-order valence-corrected chi connectivity index (χ4v) is 1.14. The van der Waals surface area contributed by atoms with Gasteiger partial charge in [-0.2, -0.15) is 0 Å². The van der Waals surface area contributed by atoms with Crippen LogP contribution in [0.1, 0.15) is 31.1 Å². The van der Waals surface area contributed by atoms with E-state index in [-0.39, 0.29) is 12.2 Å². The number of pyridine rings is 1. The number of esters is 1. The number of carbonyl (C=O) groups is 1. The van der Waals surface area contributed by atoms with Crippen LogP contribution in [0.2, 0.25) is 0 Å². The molecule has 5 nitrogen and oxygen atoms in total. The summed E-state index contributed by atoms with van der Waals surface area (Å²) in [5.41, 5.74) is 5.63. The third-order valence-electron chi connectivity index (χ3n) is 1.87. The van der Waals surface area contributed by atoms with Crippen molar-refractivity contribution in [2.24, 2.45) is 0 Å². The molecule has 0 aliphatic carbocycles. The first-order valence-corrected chi connectivity index (χ1v) is 5.41. The Morgan fingerprint density at radius 3 is 2.71 bits per heavy atom. The SMILES string of the molecule is CC(C)(C)OCCOC(=O)c1ccnc(N)c1. The van der Waals surface area contributed by atoms with Gasteiger partial charge < -0.3 is 15.2 Å². The largest absolute Gasteiger partial charge is 0.460 e. The van der Waals surface area contributed by atoms with Crippen LogP contribution in [0, 0.1) is 0 Å². The van der Waals surface area contributed by atoms with Crippen LogP contribution in [-0.4, -0.2) is 29.8 Å². The molecule has 5 heteroatoms. The Morgan fingerprint density at radius 1 is 1.41 bits per heavy atom. The van der Waals surface area contributed by atoms with Gasteiger partial charge in [-0.25, -0.2) is 9.78 Å². The molecule has 0 saturated carbocycles. The number of ether oxygens (including phenoxy) is 2. The van der Waals surface area contributed by atoms with Crippen LogP contribution < -0.4 is 5.73 Å². The summed E-state index contributed by atoms with van der Waals surface area (Å²) < 4.78 is 10.5. The molecule has 94 valence electrons. The molecule has 0 aliphatic heterocycles. The highest BCUT2D eigenvalue weighted by Gasteiger charge is 2.11. The lowest BCUT2D eigenvalue weighted by molar-refractivity contribution is -0.0281. The van der Waals surface area contributed by atoms with Crippen LogP contribution in [0.25, 0.3) is 0 Å². The van der Waals surface area contributed by atoms with Crippen molar-refractivity contribution in [3.8, 4) is 0 Å². The summed E-state index contributed by atoms with van der Waals surface area (Å²) in [6.45, 7) is 6.42. The van der Waals surface area contributed by atoms with E-state index in [0.717, 1.165) is 0 Å². The molecule has 0 unspecified atom stereocenters. The van der Waals surface area contributed by atoms with Gasteiger partial charge >= 0.3 is 5.97 Å². The van der Waals surface area contributed by atoms with Gasteiger partial charge in [0.05, 0.1) is 17.8 Å². The van der Waals surface area contributed by atoms with Crippen molar-refractivity contribution in [2.75, 3.05) is 18.9 Å². The third kappa shape index (κ3) is 5.31. The zero-order valence-corrected chi connectivity index (χ0v) is 10.4. The number of hydrogen-bond donors (Lipinski definition) is 1. The molecule has 0 saturated heterocycles. The molecule has 0 amide bonds. The van der Waals surface area contributed by atoms with Gasteiger partial charge in [-0.15, -0.1) is 0 Å². The Morgan fingerprint density at radius 2 is 2.12 bits per heavy atom. The molecule has 0 fully saturated rings. The van der Waals surface area contributed by atoms with Gasteiger partial charge in [0, 0.05) is 6.20 Å². The standard InChI is InChI=1S/C12H18N2O3/c1-12(2,3)17-7-6-16-11(15)9-4-5-14-10(13)8-9/h4-5,8H,6-7H2,1-3H3,(H2,13,14). The maximum absolute atomic E-state index is 11.6. The van der Waals surface area contributed by atoms with Gasteiger partial charge in [-0.1, -0.05) is 0 Å². The maximum Gasteiger partial charge on any atom is 0.338 e. The Bertz CT molecular complexity index is 386. The Kier molecular flexibility index (Phi) is 4.45. The van der Waals surface area contributed by atoms with Crippen LogP contribution >= 0.6 is 0 Å².